The van der Waals surface area contributed by atoms with Crippen molar-refractivity contribution in [3.63, 3.8) is 0 Å². The smallest absolute Gasteiger partial charge is 0.119 e. The zero-order valence-electron chi connectivity index (χ0n) is 9.39. The fraction of sp³-hybridized carbons (Fsp3) is 0.500. The summed E-state index contributed by atoms with van der Waals surface area (Å²) >= 11 is 3.36. The maximum Gasteiger partial charge on any atom is 0.119 e. The maximum absolute atomic E-state index is 9.13. The van der Waals surface area contributed by atoms with Gasteiger partial charge in [-0.05, 0) is 23.8 Å². The number of hydrogen-bond donors (Lipinski definition) is 1. The molecule has 1 fully saturated rings. The topological polar surface area (TPSA) is 47.9 Å². The second kappa shape index (κ2) is 6.35. The summed E-state index contributed by atoms with van der Waals surface area (Å²) < 4.78 is 17.2. The summed E-state index contributed by atoms with van der Waals surface area (Å²) in [5.74, 6) is 0.728. The Morgan fingerprint density at radius 1 is 1.41 bits per heavy atom. The third kappa shape index (κ3) is 3.67. The van der Waals surface area contributed by atoms with Crippen molar-refractivity contribution in [2.45, 2.75) is 12.7 Å². The van der Waals surface area contributed by atoms with Gasteiger partial charge in [0.15, 0.2) is 0 Å². The van der Waals surface area contributed by atoms with Crippen LogP contribution in [0.25, 0.3) is 0 Å². The van der Waals surface area contributed by atoms with Crippen LogP contribution in [0.4, 0.5) is 0 Å². The van der Waals surface area contributed by atoms with Crippen LogP contribution >= 0.6 is 15.9 Å². The van der Waals surface area contributed by atoms with E-state index in [1.165, 1.54) is 0 Å². The second-order valence-electron chi connectivity index (χ2n) is 3.79. The van der Waals surface area contributed by atoms with E-state index in [-0.39, 0.29) is 12.7 Å². The minimum atomic E-state index is -0.0131. The first-order valence-electron chi connectivity index (χ1n) is 5.51. The zero-order chi connectivity index (χ0) is 12.1. The monoisotopic (exact) mass is 302 g/mol. The number of aliphatic hydroxyl groups is 1. The van der Waals surface area contributed by atoms with Crippen LogP contribution in [-0.2, 0) is 16.1 Å². The molecule has 1 saturated heterocycles. The third-order valence-electron chi connectivity index (χ3n) is 2.51. The van der Waals surface area contributed by atoms with Crippen LogP contribution in [-0.4, -0.2) is 37.6 Å². The molecule has 0 aliphatic carbocycles. The highest BCUT2D eigenvalue weighted by atomic mass is 79.9. The van der Waals surface area contributed by atoms with Gasteiger partial charge < -0.3 is 19.3 Å². The van der Waals surface area contributed by atoms with E-state index in [0.717, 1.165) is 15.8 Å². The molecule has 4 nitrogen and oxygen atoms in total. The van der Waals surface area contributed by atoms with Crippen molar-refractivity contribution in [2.75, 3.05) is 26.4 Å². The van der Waals surface area contributed by atoms with Crippen molar-refractivity contribution in [2.24, 2.45) is 0 Å². The average molecular weight is 303 g/mol. The second-order valence-corrected chi connectivity index (χ2v) is 4.64. The first-order valence-corrected chi connectivity index (χ1v) is 6.30. The van der Waals surface area contributed by atoms with Crippen LogP contribution in [0.5, 0.6) is 5.75 Å². The molecule has 5 heteroatoms. The molecule has 1 aromatic carbocycles. The summed E-state index contributed by atoms with van der Waals surface area (Å²) in [4.78, 5) is 0. The average Bonchev–Trinajstić information content (AvgIpc) is 2.39. The van der Waals surface area contributed by atoms with Gasteiger partial charge in [-0.3, -0.25) is 0 Å². The summed E-state index contributed by atoms with van der Waals surface area (Å²) in [6.07, 6.45) is -0.00928. The van der Waals surface area contributed by atoms with Crippen molar-refractivity contribution in [3.8, 4) is 5.75 Å². The fourth-order valence-electron chi connectivity index (χ4n) is 1.58. The molecule has 1 aliphatic heterocycles. The van der Waals surface area contributed by atoms with Gasteiger partial charge in [-0.25, -0.2) is 0 Å². The van der Waals surface area contributed by atoms with E-state index in [4.69, 9.17) is 19.3 Å². The molecule has 1 N–H and O–H groups in total. The molecule has 1 atom stereocenters. The largest absolute Gasteiger partial charge is 0.491 e. The van der Waals surface area contributed by atoms with Gasteiger partial charge in [0.1, 0.15) is 18.5 Å². The first-order chi connectivity index (χ1) is 8.29. The summed E-state index contributed by atoms with van der Waals surface area (Å²) in [5.41, 5.74) is 0.809. The maximum atomic E-state index is 9.13. The third-order valence-corrected chi connectivity index (χ3v) is 3.28. The van der Waals surface area contributed by atoms with Gasteiger partial charge in [0.2, 0.25) is 0 Å². The minimum Gasteiger partial charge on any atom is -0.491 e. The predicted octanol–water partition coefficient (Wildman–Crippen LogP) is 1.74. The van der Waals surface area contributed by atoms with Gasteiger partial charge in [0, 0.05) is 4.47 Å². The molecule has 0 aromatic heterocycles. The van der Waals surface area contributed by atoms with E-state index in [9.17, 15) is 0 Å². The zero-order valence-corrected chi connectivity index (χ0v) is 11.0. The lowest BCUT2D eigenvalue weighted by Gasteiger charge is -2.23. The van der Waals surface area contributed by atoms with Gasteiger partial charge in [0.05, 0.1) is 26.4 Å². The Hall–Kier alpha value is -0.620. The highest BCUT2D eigenvalue weighted by molar-refractivity contribution is 9.10. The minimum absolute atomic E-state index is 0.00928. The molecule has 1 aromatic rings. The molecule has 2 rings (SSSR count). The molecule has 1 heterocycles. The number of benzene rings is 1. The molecule has 1 aliphatic rings. The van der Waals surface area contributed by atoms with E-state index in [0.29, 0.717) is 26.4 Å². The highest BCUT2D eigenvalue weighted by Crippen LogP contribution is 2.22. The molecular formula is C12H15BrO4. The van der Waals surface area contributed by atoms with Gasteiger partial charge >= 0.3 is 0 Å². The summed E-state index contributed by atoms with van der Waals surface area (Å²) in [7, 11) is 0. The van der Waals surface area contributed by atoms with Gasteiger partial charge in [0.25, 0.3) is 0 Å². The van der Waals surface area contributed by atoms with Crippen molar-refractivity contribution < 1.29 is 19.3 Å². The van der Waals surface area contributed by atoms with E-state index in [1.807, 2.05) is 18.2 Å². The number of hydrogen-bond acceptors (Lipinski definition) is 4. The Bertz CT molecular complexity index is 364. The van der Waals surface area contributed by atoms with Gasteiger partial charge in [-0.15, -0.1) is 0 Å². The number of halogens is 1. The molecule has 0 radical (unpaired) electrons. The lowest BCUT2D eigenvalue weighted by Crippen LogP contribution is -2.33. The van der Waals surface area contributed by atoms with Crippen LogP contribution in [0, 0.1) is 0 Å². The normalized spacial score (nSPS) is 20.2. The van der Waals surface area contributed by atoms with Gasteiger partial charge in [-0.1, -0.05) is 15.9 Å². The standard InChI is InChI=1S/C12H15BrO4/c13-12-2-1-10(5-9(12)6-14)17-8-11-7-15-3-4-16-11/h1-2,5,11,14H,3-4,6-8H2. The highest BCUT2D eigenvalue weighted by Gasteiger charge is 2.15. The predicted molar refractivity (Wildman–Crippen MR) is 66.1 cm³/mol. The van der Waals surface area contributed by atoms with Crippen molar-refractivity contribution in [1.29, 1.82) is 0 Å². The summed E-state index contributed by atoms with van der Waals surface area (Å²) in [5, 5.41) is 9.13. The van der Waals surface area contributed by atoms with Gasteiger partial charge in [-0.2, -0.15) is 0 Å². The van der Waals surface area contributed by atoms with Crippen LogP contribution in [0.3, 0.4) is 0 Å². The van der Waals surface area contributed by atoms with Crippen LogP contribution in [0.2, 0.25) is 0 Å². The lowest BCUT2D eigenvalue weighted by atomic mass is 10.2. The molecule has 1 unspecified atom stereocenters. The Balaban J connectivity index is 1.89. The molecular weight excluding hydrogens is 288 g/mol. The summed E-state index contributed by atoms with van der Waals surface area (Å²) in [6, 6.07) is 5.53. The molecule has 0 bridgehead atoms. The Morgan fingerprint density at radius 2 is 2.29 bits per heavy atom. The Morgan fingerprint density at radius 3 is 3.00 bits per heavy atom. The van der Waals surface area contributed by atoms with Crippen molar-refractivity contribution >= 4 is 15.9 Å². The molecule has 94 valence electrons. The Labute approximate surface area is 109 Å². The number of aliphatic hydroxyl groups excluding tert-OH is 1. The molecule has 17 heavy (non-hydrogen) atoms. The molecule has 0 saturated carbocycles. The van der Waals surface area contributed by atoms with E-state index in [2.05, 4.69) is 15.9 Å². The fourth-order valence-corrected chi connectivity index (χ4v) is 1.96. The van der Waals surface area contributed by atoms with E-state index < -0.39 is 0 Å². The first kappa shape index (κ1) is 12.8. The Kier molecular flexibility index (Phi) is 4.79. The molecule has 0 amide bonds. The summed E-state index contributed by atoms with van der Waals surface area (Å²) in [6.45, 7) is 2.30. The number of rotatable bonds is 4. The quantitative estimate of drug-likeness (QED) is 0.920. The lowest BCUT2D eigenvalue weighted by molar-refractivity contribution is -0.101. The van der Waals surface area contributed by atoms with Crippen LogP contribution in [0.15, 0.2) is 22.7 Å². The van der Waals surface area contributed by atoms with Crippen molar-refractivity contribution in [1.82, 2.24) is 0 Å². The van der Waals surface area contributed by atoms with Crippen LogP contribution in [0.1, 0.15) is 5.56 Å². The SMILES string of the molecule is OCc1cc(OCC2COCCO2)ccc1Br. The van der Waals surface area contributed by atoms with E-state index in [1.54, 1.807) is 0 Å². The van der Waals surface area contributed by atoms with Crippen LogP contribution < -0.4 is 4.74 Å². The number of ether oxygens (including phenoxy) is 3. The van der Waals surface area contributed by atoms with E-state index >= 15 is 0 Å². The molecule has 0 spiro atoms. The van der Waals surface area contributed by atoms with Crippen molar-refractivity contribution in [3.05, 3.63) is 28.2 Å².